The number of hydrogen-bond acceptors (Lipinski definition) is 2. The van der Waals surface area contributed by atoms with E-state index in [1.165, 1.54) is 51.4 Å². The van der Waals surface area contributed by atoms with Gasteiger partial charge in [-0.3, -0.25) is 0 Å². The van der Waals surface area contributed by atoms with Crippen LogP contribution in [0.4, 0.5) is 0 Å². The fraction of sp³-hybridized carbons (Fsp3) is 0.833. The predicted octanol–water partition coefficient (Wildman–Crippen LogP) is 4.74. The minimum absolute atomic E-state index is 0.0867. The summed E-state index contributed by atoms with van der Waals surface area (Å²) in [4.78, 5) is 3.61. The molecule has 0 aliphatic rings. The molecule has 0 aromatic heterocycles. The lowest BCUT2D eigenvalue weighted by Gasteiger charge is -2.22. The van der Waals surface area contributed by atoms with Crippen LogP contribution in [0.25, 0.3) is 0 Å². The molecule has 0 fully saturated rings. The Balaban J connectivity index is 0. The second-order valence-corrected chi connectivity index (χ2v) is 6.18. The second kappa shape index (κ2) is 16.3. The van der Waals surface area contributed by atoms with Gasteiger partial charge in [0.05, 0.1) is 5.60 Å². The van der Waals surface area contributed by atoms with Gasteiger partial charge in [-0.2, -0.15) is 0 Å². The largest absolute Gasteiger partial charge is 0.379 e. The van der Waals surface area contributed by atoms with Crippen molar-refractivity contribution in [2.75, 3.05) is 7.11 Å². The Kier molecular flexibility index (Phi) is 17.3. The van der Waals surface area contributed by atoms with Gasteiger partial charge in [0.2, 0.25) is 0 Å². The molecule has 0 aromatic rings. The molecule has 0 aromatic carbocycles. The fourth-order valence-electron chi connectivity index (χ4n) is 1.85. The Hall–Kier alpha value is -1.03. The summed E-state index contributed by atoms with van der Waals surface area (Å²) in [7, 11) is 1.81. The lowest BCUT2D eigenvalue weighted by atomic mass is 9.99. The number of nitrogens with zero attached hydrogens (tertiary/aromatic N) is 1. The molecule has 0 radical (unpaired) electrons. The third kappa shape index (κ3) is 21.3. The van der Waals surface area contributed by atoms with Gasteiger partial charge in [0, 0.05) is 13.3 Å². The lowest BCUT2D eigenvalue weighted by Crippen LogP contribution is -2.21. The number of allylic oxidation sites excluding steroid dienone is 1. The van der Waals surface area contributed by atoms with E-state index >= 15 is 0 Å². The van der Waals surface area contributed by atoms with E-state index in [4.69, 9.17) is 16.2 Å². The molecular formula is C18H39N3O. The summed E-state index contributed by atoms with van der Waals surface area (Å²) in [5.74, 6) is 0.106. The molecule has 0 rings (SSSR count). The van der Waals surface area contributed by atoms with Crippen molar-refractivity contribution in [2.24, 2.45) is 16.5 Å². The molecule has 4 heteroatoms. The summed E-state index contributed by atoms with van der Waals surface area (Å²) in [5, 5.41) is 0. The normalized spacial score (nSPS) is 11.1. The van der Waals surface area contributed by atoms with Crippen molar-refractivity contribution in [3.8, 4) is 0 Å². The second-order valence-electron chi connectivity index (χ2n) is 6.18. The van der Waals surface area contributed by atoms with Crippen molar-refractivity contribution in [2.45, 2.75) is 91.1 Å². The quantitative estimate of drug-likeness (QED) is 0.329. The first-order valence-corrected chi connectivity index (χ1v) is 8.68. The van der Waals surface area contributed by atoms with Gasteiger partial charge < -0.3 is 16.2 Å². The van der Waals surface area contributed by atoms with Gasteiger partial charge in [-0.1, -0.05) is 64.9 Å². The van der Waals surface area contributed by atoms with Crippen molar-refractivity contribution in [3.05, 3.63) is 12.3 Å². The van der Waals surface area contributed by atoms with Crippen LogP contribution in [0.1, 0.15) is 85.5 Å². The number of rotatable bonds is 11. The maximum atomic E-state index is 5.38. The van der Waals surface area contributed by atoms with E-state index < -0.39 is 0 Å². The van der Waals surface area contributed by atoms with E-state index in [-0.39, 0.29) is 11.6 Å². The Bertz CT molecular complexity index is 282. The highest BCUT2D eigenvalue weighted by Gasteiger charge is 2.14. The molecule has 0 saturated heterocycles. The number of nitrogens with two attached hydrogens (primary N) is 2. The molecule has 132 valence electrons. The molecule has 22 heavy (non-hydrogen) atoms. The van der Waals surface area contributed by atoms with E-state index in [2.05, 4.69) is 25.8 Å². The smallest absolute Gasteiger partial charge is 0.190 e. The standard InChI is InChI=1S/C13H28O.C5H11N3/c1-5-6-7-8-9-10-11-12-13(2,3)14-4;1-2-3-4-8-5(6)7/h5-12H2,1-4H3;3-4H,2H2,1H3,(H4,6,7,8). The number of methoxy groups -OCH3 is 1. The van der Waals surface area contributed by atoms with Gasteiger partial charge in [0.1, 0.15) is 0 Å². The summed E-state index contributed by atoms with van der Waals surface area (Å²) in [6.45, 7) is 8.62. The van der Waals surface area contributed by atoms with E-state index in [0.29, 0.717) is 0 Å². The van der Waals surface area contributed by atoms with Crippen LogP contribution in [0, 0.1) is 0 Å². The van der Waals surface area contributed by atoms with Gasteiger partial charge in [-0.05, 0) is 26.7 Å². The minimum Gasteiger partial charge on any atom is -0.379 e. The number of ether oxygens (including phenoxy) is 1. The maximum Gasteiger partial charge on any atom is 0.190 e. The zero-order valence-corrected chi connectivity index (χ0v) is 15.5. The van der Waals surface area contributed by atoms with Crippen LogP contribution in [-0.2, 0) is 4.74 Å². The van der Waals surface area contributed by atoms with Crippen LogP contribution in [0.15, 0.2) is 17.3 Å². The molecule has 0 atom stereocenters. The van der Waals surface area contributed by atoms with E-state index in [1.807, 2.05) is 13.0 Å². The molecular weight excluding hydrogens is 274 g/mol. The number of aliphatic imine (C=N–C) groups is 1. The van der Waals surface area contributed by atoms with Crippen molar-refractivity contribution < 1.29 is 4.74 Å². The van der Waals surface area contributed by atoms with Crippen LogP contribution in [0.3, 0.4) is 0 Å². The Morgan fingerprint density at radius 2 is 1.55 bits per heavy atom. The topological polar surface area (TPSA) is 73.6 Å². The van der Waals surface area contributed by atoms with Gasteiger partial charge in [0.25, 0.3) is 0 Å². The van der Waals surface area contributed by atoms with Crippen molar-refractivity contribution >= 4 is 5.96 Å². The Labute approximate surface area is 138 Å². The van der Waals surface area contributed by atoms with Gasteiger partial charge in [0.15, 0.2) is 5.96 Å². The van der Waals surface area contributed by atoms with Crippen LogP contribution in [-0.4, -0.2) is 18.7 Å². The van der Waals surface area contributed by atoms with Crippen LogP contribution in [0.2, 0.25) is 0 Å². The van der Waals surface area contributed by atoms with Gasteiger partial charge in [-0.25, -0.2) is 4.99 Å². The van der Waals surface area contributed by atoms with E-state index in [9.17, 15) is 0 Å². The first kappa shape index (κ1) is 23.2. The number of hydrogen-bond donors (Lipinski definition) is 2. The molecule has 0 spiro atoms. The van der Waals surface area contributed by atoms with Gasteiger partial charge >= 0.3 is 0 Å². The summed E-state index contributed by atoms with van der Waals surface area (Å²) in [6.07, 6.45) is 15.3. The Morgan fingerprint density at radius 1 is 1.00 bits per heavy atom. The molecule has 4 N–H and O–H groups in total. The highest BCUT2D eigenvalue weighted by molar-refractivity contribution is 5.76. The third-order valence-corrected chi connectivity index (χ3v) is 3.50. The van der Waals surface area contributed by atoms with E-state index in [0.717, 1.165) is 6.42 Å². The number of unbranched alkanes of at least 4 members (excludes halogenated alkanes) is 6. The average Bonchev–Trinajstić information content (AvgIpc) is 2.47. The highest BCUT2D eigenvalue weighted by Crippen LogP contribution is 2.18. The van der Waals surface area contributed by atoms with Gasteiger partial charge in [-0.15, -0.1) is 0 Å². The summed E-state index contributed by atoms with van der Waals surface area (Å²) in [5.41, 5.74) is 10.1. The molecule has 0 amide bonds. The SMILES string of the molecule is CCC=CN=C(N)N.CCCCCCCCCC(C)(C)OC. The summed E-state index contributed by atoms with van der Waals surface area (Å²) < 4.78 is 5.38. The lowest BCUT2D eigenvalue weighted by molar-refractivity contribution is 0.0134. The summed E-state index contributed by atoms with van der Waals surface area (Å²) >= 11 is 0. The maximum absolute atomic E-state index is 5.38. The van der Waals surface area contributed by atoms with Crippen molar-refractivity contribution in [3.63, 3.8) is 0 Å². The fourth-order valence-corrected chi connectivity index (χ4v) is 1.85. The van der Waals surface area contributed by atoms with Crippen molar-refractivity contribution in [1.82, 2.24) is 0 Å². The first-order valence-electron chi connectivity index (χ1n) is 8.68. The predicted molar refractivity (Wildman–Crippen MR) is 98.9 cm³/mol. The number of guanidine groups is 1. The van der Waals surface area contributed by atoms with Crippen LogP contribution in [0.5, 0.6) is 0 Å². The minimum atomic E-state index is 0.0867. The Morgan fingerprint density at radius 3 is 2.00 bits per heavy atom. The molecule has 0 unspecified atom stereocenters. The molecule has 0 aliphatic carbocycles. The van der Waals surface area contributed by atoms with E-state index in [1.54, 1.807) is 13.3 Å². The molecule has 0 saturated carbocycles. The zero-order valence-electron chi connectivity index (χ0n) is 15.5. The highest BCUT2D eigenvalue weighted by atomic mass is 16.5. The average molecular weight is 314 g/mol. The first-order chi connectivity index (χ1) is 10.4. The zero-order chi connectivity index (χ0) is 17.3. The van der Waals surface area contributed by atoms with Crippen LogP contribution < -0.4 is 11.5 Å². The van der Waals surface area contributed by atoms with Crippen molar-refractivity contribution in [1.29, 1.82) is 0 Å². The molecule has 0 aliphatic heterocycles. The van der Waals surface area contributed by atoms with Crippen LogP contribution >= 0.6 is 0 Å². The monoisotopic (exact) mass is 313 g/mol. The summed E-state index contributed by atoms with van der Waals surface area (Å²) in [6, 6.07) is 0. The molecule has 0 heterocycles. The molecule has 4 nitrogen and oxygen atoms in total. The third-order valence-electron chi connectivity index (χ3n) is 3.50. The molecule has 0 bridgehead atoms.